The minimum Gasteiger partial charge on any atom is -0.744 e. The van der Waals surface area contributed by atoms with Crippen LogP contribution in [0.5, 0.6) is 0 Å². The van der Waals surface area contributed by atoms with Gasteiger partial charge in [0.05, 0.1) is 28.9 Å². The molecule has 0 unspecified atom stereocenters. The number of rotatable bonds is 8. The van der Waals surface area contributed by atoms with E-state index in [2.05, 4.69) is 24.2 Å². The molecule has 1 N–H and O–H groups in total. The van der Waals surface area contributed by atoms with Gasteiger partial charge < -0.3 is 9.81 Å². The number of sulfonamides is 1. The molecule has 0 aliphatic rings. The van der Waals surface area contributed by atoms with E-state index < -0.39 is 25.0 Å². The van der Waals surface area contributed by atoms with Crippen LogP contribution in [0, 0.1) is 0 Å². The number of aromatic nitrogens is 3. The Kier molecular flexibility index (Phi) is 12.1. The van der Waals surface area contributed by atoms with Gasteiger partial charge in [-0.3, -0.25) is 9.76 Å². The SMILES string of the molecule is CSc1nc(NS(C)(=O)=O)n(-c2cc(SOO[O-])ccc2S(=O)(=O)[O-])n1.[HH].[Na+].[Na+]. The molecule has 0 atom stereocenters. The zero-order valence-corrected chi connectivity index (χ0v) is 22.2. The number of nitrogens with one attached hydrogen (secondary N) is 1. The van der Waals surface area contributed by atoms with Gasteiger partial charge in [0.1, 0.15) is 10.1 Å². The van der Waals surface area contributed by atoms with Gasteiger partial charge in [-0.25, -0.2) is 16.8 Å². The molecule has 1 aromatic carbocycles. The van der Waals surface area contributed by atoms with E-state index in [-0.39, 0.29) is 82.2 Å². The Morgan fingerprint density at radius 2 is 1.89 bits per heavy atom. The van der Waals surface area contributed by atoms with Gasteiger partial charge in [0.15, 0.2) is 0 Å². The summed E-state index contributed by atoms with van der Waals surface area (Å²) in [5.41, 5.74) is -0.293. The number of thioether (sulfide) groups is 1. The third-order valence-electron chi connectivity index (χ3n) is 2.63. The topological polar surface area (TPSA) is 176 Å². The second kappa shape index (κ2) is 11.8. The largest absolute Gasteiger partial charge is 1.00 e. The van der Waals surface area contributed by atoms with Gasteiger partial charge in [-0.2, -0.15) is 14.0 Å². The number of benzene rings is 1. The van der Waals surface area contributed by atoms with Crippen molar-refractivity contribution >= 4 is 49.9 Å². The fourth-order valence-electron chi connectivity index (χ4n) is 1.76. The summed E-state index contributed by atoms with van der Waals surface area (Å²) in [6, 6.07) is 3.29. The molecule has 0 aliphatic heterocycles. The van der Waals surface area contributed by atoms with Gasteiger partial charge in [-0.05, 0) is 24.5 Å². The molecule has 0 aliphatic carbocycles. The molecular weight excluding hydrogens is 478 g/mol. The van der Waals surface area contributed by atoms with E-state index in [4.69, 9.17) is 0 Å². The summed E-state index contributed by atoms with van der Waals surface area (Å²) in [4.78, 5) is 3.41. The molecule has 0 amide bonds. The zero-order chi connectivity index (χ0) is 19.5. The minimum atomic E-state index is -4.94. The van der Waals surface area contributed by atoms with Crippen LogP contribution in [0.3, 0.4) is 0 Å². The summed E-state index contributed by atoms with van der Waals surface area (Å²) in [7, 11) is -8.72. The van der Waals surface area contributed by atoms with Crippen LogP contribution in [0.1, 0.15) is 1.43 Å². The second-order valence-corrected chi connectivity index (χ2v) is 9.16. The molecule has 18 heteroatoms. The Morgan fingerprint density at radius 1 is 1.25 bits per heavy atom. The molecule has 1 aromatic heterocycles. The average molecular weight is 490 g/mol. The molecule has 12 nitrogen and oxygen atoms in total. The first-order chi connectivity index (χ1) is 12.0. The zero-order valence-electron chi connectivity index (χ0n) is 15.0. The maximum Gasteiger partial charge on any atom is 1.00 e. The first-order valence-electron chi connectivity index (χ1n) is 6.27. The molecular formula is C10H12N4Na2O8S4. The Labute approximate surface area is 215 Å². The smallest absolute Gasteiger partial charge is 0.744 e. The van der Waals surface area contributed by atoms with E-state index in [0.29, 0.717) is 12.0 Å². The molecule has 1 heterocycles. The molecule has 0 fully saturated rings. The predicted molar refractivity (Wildman–Crippen MR) is 89.7 cm³/mol. The number of hydrogen-bond donors (Lipinski definition) is 1. The molecule has 146 valence electrons. The third-order valence-corrected chi connectivity index (χ3v) is 5.18. The molecule has 28 heavy (non-hydrogen) atoms. The Bertz CT molecular complexity index is 1020. The molecule has 2 rings (SSSR count). The van der Waals surface area contributed by atoms with E-state index >= 15 is 0 Å². The standard InChI is InChI=1S/C10H12N4O8S4.2Na.H2/c1-23-10-11-9(13-25(2,16)17)14(12-10)7-5-6(24-22-21-15)3-4-8(7)26(18,19)20;;;/h3-5,15H,1-2H3,(H,11,12,13)(H,18,19,20);;;1H/q;2*+1;/p-2. The van der Waals surface area contributed by atoms with Crippen molar-refractivity contribution < 1.29 is 96.6 Å². The van der Waals surface area contributed by atoms with Crippen molar-refractivity contribution in [2.75, 3.05) is 17.2 Å². The summed E-state index contributed by atoms with van der Waals surface area (Å²) in [5, 5.41) is 17.2. The monoisotopic (exact) mass is 490 g/mol. The van der Waals surface area contributed by atoms with Crippen LogP contribution in [0.25, 0.3) is 5.69 Å². The summed E-state index contributed by atoms with van der Waals surface area (Å²) < 4.78 is 64.8. The molecule has 2 aromatic rings. The molecule has 0 saturated carbocycles. The van der Waals surface area contributed by atoms with E-state index in [0.717, 1.165) is 34.8 Å². The first-order valence-corrected chi connectivity index (χ1v) is 11.5. The Hall–Kier alpha value is 0.600. The number of hydrogen-bond acceptors (Lipinski definition) is 12. The molecule has 0 spiro atoms. The summed E-state index contributed by atoms with van der Waals surface area (Å²) in [6.45, 7) is 0. The minimum absolute atomic E-state index is 0. The van der Waals surface area contributed by atoms with Crippen molar-refractivity contribution in [1.29, 1.82) is 0 Å². The van der Waals surface area contributed by atoms with Crippen molar-refractivity contribution in [3.8, 4) is 5.69 Å². The van der Waals surface area contributed by atoms with Crippen molar-refractivity contribution in [3.63, 3.8) is 0 Å². The van der Waals surface area contributed by atoms with Crippen molar-refractivity contribution in [2.24, 2.45) is 0 Å². The van der Waals surface area contributed by atoms with Crippen LogP contribution in [0.4, 0.5) is 5.95 Å². The van der Waals surface area contributed by atoms with Crippen LogP contribution >= 0.6 is 23.8 Å². The van der Waals surface area contributed by atoms with Gasteiger partial charge in [0.2, 0.25) is 21.1 Å². The fraction of sp³-hybridized carbons (Fsp3) is 0.200. The number of nitrogens with zero attached hydrogens (tertiary/aromatic N) is 3. The first kappa shape index (κ1) is 28.6. The van der Waals surface area contributed by atoms with Gasteiger partial charge >= 0.3 is 59.1 Å². The maximum absolute atomic E-state index is 11.6. The normalized spacial score (nSPS) is 11.4. The van der Waals surface area contributed by atoms with Crippen LogP contribution in [-0.4, -0.2) is 48.7 Å². The van der Waals surface area contributed by atoms with Crippen molar-refractivity contribution in [1.82, 2.24) is 14.8 Å². The van der Waals surface area contributed by atoms with Crippen LogP contribution in [0.15, 0.2) is 33.1 Å². The Morgan fingerprint density at radius 3 is 2.39 bits per heavy atom. The summed E-state index contributed by atoms with van der Waals surface area (Å²) in [6.07, 6.45) is 2.47. The maximum atomic E-state index is 11.6. The van der Waals surface area contributed by atoms with Gasteiger partial charge in [-0.15, -0.1) is 5.10 Å². The van der Waals surface area contributed by atoms with Gasteiger partial charge in [-0.1, -0.05) is 11.8 Å². The number of anilines is 1. The Balaban J connectivity index is 0. The van der Waals surface area contributed by atoms with E-state index in [1.54, 1.807) is 6.26 Å². The molecule has 0 saturated heterocycles. The van der Waals surface area contributed by atoms with Crippen LogP contribution in [-0.2, 0) is 29.5 Å². The summed E-state index contributed by atoms with van der Waals surface area (Å²) >= 11 is 1.50. The second-order valence-electron chi connectivity index (χ2n) is 4.51. The van der Waals surface area contributed by atoms with E-state index in [1.165, 1.54) is 6.07 Å². The van der Waals surface area contributed by atoms with Crippen molar-refractivity contribution in [2.45, 2.75) is 14.9 Å². The van der Waals surface area contributed by atoms with Crippen LogP contribution in [0.2, 0.25) is 0 Å². The quantitative estimate of drug-likeness (QED) is 0.0926. The third kappa shape index (κ3) is 8.03. The fourth-order valence-corrected chi connectivity index (χ4v) is 3.59. The van der Waals surface area contributed by atoms with E-state index in [1.807, 2.05) is 0 Å². The van der Waals surface area contributed by atoms with Gasteiger partial charge in [0.25, 0.3) is 0 Å². The van der Waals surface area contributed by atoms with Crippen LogP contribution < -0.4 is 69.1 Å². The van der Waals surface area contributed by atoms with Crippen molar-refractivity contribution in [3.05, 3.63) is 18.2 Å². The predicted octanol–water partition coefficient (Wildman–Crippen LogP) is -6.25. The average Bonchev–Trinajstić information content (AvgIpc) is 2.92. The summed E-state index contributed by atoms with van der Waals surface area (Å²) in [5.74, 6) is -0.329. The molecule has 0 radical (unpaired) electrons. The van der Waals surface area contributed by atoms with E-state index in [9.17, 15) is 26.6 Å². The van der Waals surface area contributed by atoms with Gasteiger partial charge in [0, 0.05) is 6.32 Å². The molecule has 0 bridgehead atoms.